The third-order valence-corrected chi connectivity index (χ3v) is 9.35. The number of pyridine rings is 1. The standard InChI is InChI=1S/C28H32N6O5S/c1-5-33-11-12-34(40(37,38)25-7-6-10-29-28(25)33)17-21-13-19(9-8-18(21)2)22(16-26(35)36)20-14-23-27(24(15-20)39-4)32(3)31-30-23/h6-10,13-15,22H,5,11-12,16-17H2,1-4H3,(H,35,36). The summed E-state index contributed by atoms with van der Waals surface area (Å²) in [5, 5.41) is 18.1. The molecule has 1 unspecified atom stereocenters. The second-order valence-corrected chi connectivity index (χ2v) is 11.8. The number of carboxylic acids is 1. The highest BCUT2D eigenvalue weighted by atomic mass is 32.2. The number of aliphatic carboxylic acids is 1. The van der Waals surface area contributed by atoms with Crippen LogP contribution in [0.3, 0.4) is 0 Å². The molecule has 0 spiro atoms. The Balaban J connectivity index is 1.55. The third-order valence-electron chi connectivity index (χ3n) is 7.48. The SMILES string of the molecule is CCN1CCN(Cc2cc(C(CC(=O)O)c3cc(OC)c4c(c3)nnn4C)ccc2C)S(=O)(=O)c2cccnc21. The van der Waals surface area contributed by atoms with E-state index in [4.69, 9.17) is 4.74 Å². The average Bonchev–Trinajstić information content (AvgIpc) is 3.27. The zero-order chi connectivity index (χ0) is 28.6. The molecule has 11 nitrogen and oxygen atoms in total. The van der Waals surface area contributed by atoms with Crippen LogP contribution in [-0.4, -0.2) is 70.5 Å². The zero-order valence-electron chi connectivity index (χ0n) is 22.9. The lowest BCUT2D eigenvalue weighted by Crippen LogP contribution is -2.34. The number of hydrogen-bond acceptors (Lipinski definition) is 8. The number of hydrogen-bond donors (Lipinski definition) is 1. The number of rotatable bonds is 8. The summed E-state index contributed by atoms with van der Waals surface area (Å²) in [6, 6.07) is 12.6. The lowest BCUT2D eigenvalue weighted by atomic mass is 9.86. The van der Waals surface area contributed by atoms with Gasteiger partial charge in [0.25, 0.3) is 0 Å². The Kier molecular flexibility index (Phi) is 7.47. The quantitative estimate of drug-likeness (QED) is 0.342. The van der Waals surface area contributed by atoms with Crippen LogP contribution < -0.4 is 9.64 Å². The van der Waals surface area contributed by atoms with E-state index in [0.29, 0.717) is 42.2 Å². The summed E-state index contributed by atoms with van der Waals surface area (Å²) in [6.07, 6.45) is 1.44. The summed E-state index contributed by atoms with van der Waals surface area (Å²) in [5.41, 5.74) is 4.52. The van der Waals surface area contributed by atoms with E-state index >= 15 is 0 Å². The Morgan fingerprint density at radius 1 is 1.15 bits per heavy atom. The van der Waals surface area contributed by atoms with Crippen LogP contribution in [0, 0.1) is 6.92 Å². The summed E-state index contributed by atoms with van der Waals surface area (Å²) in [6.45, 7) is 5.51. The molecule has 210 valence electrons. The molecule has 0 saturated heterocycles. The molecule has 1 aliphatic heterocycles. The summed E-state index contributed by atoms with van der Waals surface area (Å²) in [5.74, 6) is -0.457. The first kappa shape index (κ1) is 27.5. The summed E-state index contributed by atoms with van der Waals surface area (Å²) in [4.78, 5) is 18.5. The van der Waals surface area contributed by atoms with Gasteiger partial charge < -0.3 is 14.7 Å². The van der Waals surface area contributed by atoms with Crippen molar-refractivity contribution >= 4 is 32.8 Å². The molecule has 0 radical (unpaired) electrons. The Hall–Kier alpha value is -4.03. The molecule has 5 rings (SSSR count). The van der Waals surface area contributed by atoms with Gasteiger partial charge in [0.15, 0.2) is 0 Å². The number of sulfonamides is 1. The number of benzene rings is 2. The monoisotopic (exact) mass is 564 g/mol. The van der Waals surface area contributed by atoms with E-state index in [1.54, 1.807) is 37.2 Å². The van der Waals surface area contributed by atoms with Gasteiger partial charge in [-0.2, -0.15) is 4.31 Å². The molecule has 0 bridgehead atoms. The fourth-order valence-corrected chi connectivity index (χ4v) is 6.87. The van der Waals surface area contributed by atoms with Gasteiger partial charge in [0.05, 0.1) is 13.5 Å². The van der Waals surface area contributed by atoms with Gasteiger partial charge in [0.2, 0.25) is 10.0 Å². The van der Waals surface area contributed by atoms with Crippen molar-refractivity contribution in [3.8, 4) is 5.75 Å². The number of fused-ring (bicyclic) bond motifs is 2. The summed E-state index contributed by atoms with van der Waals surface area (Å²) in [7, 11) is -0.492. The van der Waals surface area contributed by atoms with E-state index in [2.05, 4.69) is 15.3 Å². The Morgan fingerprint density at radius 3 is 2.67 bits per heavy atom. The number of aromatic nitrogens is 4. The number of anilines is 1. The van der Waals surface area contributed by atoms with Crippen molar-refractivity contribution in [2.75, 3.05) is 31.6 Å². The highest BCUT2D eigenvalue weighted by Gasteiger charge is 2.33. The van der Waals surface area contributed by atoms with Gasteiger partial charge in [-0.05, 0) is 60.4 Å². The van der Waals surface area contributed by atoms with Gasteiger partial charge in [0.1, 0.15) is 27.5 Å². The molecule has 1 atom stereocenters. The van der Waals surface area contributed by atoms with E-state index in [9.17, 15) is 18.3 Å². The molecule has 0 aliphatic carbocycles. The number of methoxy groups -OCH3 is 1. The highest BCUT2D eigenvalue weighted by Crippen LogP contribution is 2.36. The Labute approximate surface area is 233 Å². The molecule has 1 N–H and O–H groups in total. The third kappa shape index (κ3) is 5.00. The molecule has 2 aromatic heterocycles. The highest BCUT2D eigenvalue weighted by molar-refractivity contribution is 7.89. The van der Waals surface area contributed by atoms with E-state index in [1.807, 2.05) is 49.1 Å². The lowest BCUT2D eigenvalue weighted by Gasteiger charge is -2.23. The van der Waals surface area contributed by atoms with Crippen LogP contribution in [0.2, 0.25) is 0 Å². The Morgan fingerprint density at radius 2 is 1.95 bits per heavy atom. The van der Waals surface area contributed by atoms with Crippen LogP contribution in [0.25, 0.3) is 11.0 Å². The van der Waals surface area contributed by atoms with E-state index in [1.165, 1.54) is 4.31 Å². The number of ether oxygens (including phenoxy) is 1. The van der Waals surface area contributed by atoms with Crippen molar-refractivity contribution in [3.63, 3.8) is 0 Å². The molecule has 0 amide bonds. The van der Waals surface area contributed by atoms with Crippen LogP contribution >= 0.6 is 0 Å². The van der Waals surface area contributed by atoms with Crippen molar-refractivity contribution in [1.29, 1.82) is 0 Å². The minimum atomic E-state index is -3.81. The molecule has 0 fully saturated rings. The Bertz CT molecular complexity index is 1690. The number of likely N-dealkylation sites (N-methyl/N-ethyl adjacent to an activating group) is 1. The average molecular weight is 565 g/mol. The minimum Gasteiger partial charge on any atom is -0.494 e. The smallest absolute Gasteiger partial charge is 0.304 e. The van der Waals surface area contributed by atoms with Crippen LogP contribution in [0.15, 0.2) is 53.6 Å². The molecule has 40 heavy (non-hydrogen) atoms. The molecule has 4 aromatic rings. The normalized spacial score (nSPS) is 15.9. The molecule has 1 aliphatic rings. The van der Waals surface area contributed by atoms with Gasteiger partial charge in [-0.25, -0.2) is 18.1 Å². The predicted octanol–water partition coefficient (Wildman–Crippen LogP) is 3.32. The fraction of sp³-hybridized carbons (Fsp3) is 0.357. The van der Waals surface area contributed by atoms with Crippen molar-refractivity contribution in [3.05, 3.63) is 70.9 Å². The van der Waals surface area contributed by atoms with Crippen molar-refractivity contribution in [1.82, 2.24) is 24.3 Å². The first-order valence-electron chi connectivity index (χ1n) is 13.0. The molecule has 2 aromatic carbocycles. The summed E-state index contributed by atoms with van der Waals surface area (Å²) >= 11 is 0. The second kappa shape index (κ2) is 10.9. The van der Waals surface area contributed by atoms with E-state index in [-0.39, 0.29) is 17.9 Å². The molecule has 12 heteroatoms. The second-order valence-electron chi connectivity index (χ2n) is 9.88. The molecule has 3 heterocycles. The van der Waals surface area contributed by atoms with Crippen LogP contribution in [0.5, 0.6) is 5.75 Å². The predicted molar refractivity (Wildman–Crippen MR) is 150 cm³/mol. The van der Waals surface area contributed by atoms with Gasteiger partial charge >= 0.3 is 5.97 Å². The molecular formula is C28H32N6O5S. The number of carbonyl (C=O) groups is 1. The first-order valence-corrected chi connectivity index (χ1v) is 14.5. The maximum absolute atomic E-state index is 13.7. The van der Waals surface area contributed by atoms with Crippen LogP contribution in [0.4, 0.5) is 5.82 Å². The van der Waals surface area contributed by atoms with Crippen LogP contribution in [-0.2, 0) is 28.4 Å². The van der Waals surface area contributed by atoms with E-state index < -0.39 is 21.9 Å². The maximum atomic E-state index is 13.7. The summed E-state index contributed by atoms with van der Waals surface area (Å²) < 4.78 is 36.2. The first-order chi connectivity index (χ1) is 19.1. The number of nitrogens with zero attached hydrogens (tertiary/aromatic N) is 6. The topological polar surface area (TPSA) is 131 Å². The van der Waals surface area contributed by atoms with Crippen molar-refractivity contribution in [2.45, 2.75) is 37.6 Å². The number of aryl methyl sites for hydroxylation is 2. The molecular weight excluding hydrogens is 532 g/mol. The van der Waals surface area contributed by atoms with Gasteiger partial charge in [-0.15, -0.1) is 5.10 Å². The van der Waals surface area contributed by atoms with Gasteiger partial charge in [-0.1, -0.05) is 23.4 Å². The largest absolute Gasteiger partial charge is 0.494 e. The number of carboxylic acid groups (broad SMARTS) is 1. The van der Waals surface area contributed by atoms with Crippen LogP contribution in [0.1, 0.15) is 41.5 Å². The van der Waals surface area contributed by atoms with E-state index in [0.717, 1.165) is 22.3 Å². The molecule has 0 saturated carbocycles. The zero-order valence-corrected chi connectivity index (χ0v) is 23.7. The van der Waals surface area contributed by atoms with Crippen molar-refractivity contribution in [2.24, 2.45) is 7.05 Å². The minimum absolute atomic E-state index is 0.153. The van der Waals surface area contributed by atoms with Crippen molar-refractivity contribution < 1.29 is 23.1 Å². The fourth-order valence-electron chi connectivity index (χ4n) is 5.29. The lowest BCUT2D eigenvalue weighted by molar-refractivity contribution is -0.137. The maximum Gasteiger partial charge on any atom is 0.304 e. The van der Waals surface area contributed by atoms with Gasteiger partial charge in [-0.3, -0.25) is 4.79 Å². The van der Waals surface area contributed by atoms with Gasteiger partial charge in [0, 0.05) is 45.3 Å².